The third-order valence-electron chi connectivity index (χ3n) is 9.38. The van der Waals surface area contributed by atoms with Gasteiger partial charge in [-0.25, -0.2) is 4.68 Å². The van der Waals surface area contributed by atoms with Gasteiger partial charge in [0.15, 0.2) is 0 Å². The third kappa shape index (κ3) is 6.11. The summed E-state index contributed by atoms with van der Waals surface area (Å²) in [6, 6.07) is 16.6. The lowest BCUT2D eigenvalue weighted by Gasteiger charge is -2.35. The Balaban J connectivity index is 1.42. The van der Waals surface area contributed by atoms with Crippen molar-refractivity contribution in [3.8, 4) is 5.75 Å². The fourth-order valence-electron chi connectivity index (χ4n) is 6.65. The van der Waals surface area contributed by atoms with Gasteiger partial charge in [0, 0.05) is 56.3 Å². The number of pyridine rings is 2. The van der Waals surface area contributed by atoms with E-state index in [4.69, 9.17) is 4.74 Å². The first-order valence-corrected chi connectivity index (χ1v) is 16.1. The molecule has 2 aromatic carbocycles. The Morgan fingerprint density at radius 3 is 2.65 bits per heavy atom. The minimum Gasteiger partial charge on any atom is -0.489 e. The molecule has 9 nitrogen and oxygen atoms in total. The lowest BCUT2D eigenvalue weighted by molar-refractivity contribution is -0.124. The molecule has 0 spiro atoms. The second-order valence-corrected chi connectivity index (χ2v) is 12.9. The van der Waals surface area contributed by atoms with Gasteiger partial charge in [0.1, 0.15) is 17.4 Å². The molecular weight excluding hydrogens is 574 g/mol. The van der Waals surface area contributed by atoms with E-state index in [1.165, 1.54) is 11.1 Å². The number of amides is 1. The number of nitrogens with zero attached hydrogens (tertiary/aromatic N) is 6. The van der Waals surface area contributed by atoms with E-state index in [1.54, 1.807) is 18.6 Å². The van der Waals surface area contributed by atoms with E-state index in [-0.39, 0.29) is 17.9 Å². The van der Waals surface area contributed by atoms with Crippen molar-refractivity contribution in [2.75, 3.05) is 11.9 Å². The zero-order valence-corrected chi connectivity index (χ0v) is 27.6. The normalized spacial score (nSPS) is 16.0. The first-order chi connectivity index (χ1) is 22.2. The molecule has 5 aromatic rings. The number of carbonyl (C=O) groups excluding carboxylic acids is 1. The van der Waals surface area contributed by atoms with Crippen LogP contribution < -0.4 is 10.1 Å². The molecule has 0 saturated carbocycles. The Morgan fingerprint density at radius 1 is 1.07 bits per heavy atom. The Bertz CT molecular complexity index is 1850. The molecule has 1 N–H and O–H groups in total. The maximum atomic E-state index is 14.1. The van der Waals surface area contributed by atoms with Crippen LogP contribution in [0.3, 0.4) is 0 Å². The van der Waals surface area contributed by atoms with Gasteiger partial charge in [-0.1, -0.05) is 50.3 Å². The minimum atomic E-state index is -0.837. The Hall–Kier alpha value is -4.63. The zero-order chi connectivity index (χ0) is 32.4. The second kappa shape index (κ2) is 13.0. The molecule has 6 rings (SSSR count). The molecule has 0 radical (unpaired) electrons. The number of rotatable bonds is 9. The highest BCUT2D eigenvalue weighted by atomic mass is 16.5. The number of hydrogen-bond donors (Lipinski definition) is 1. The maximum absolute atomic E-state index is 14.1. The topological polar surface area (TPSA) is 98.1 Å². The number of aryl methyl sites for hydroxylation is 3. The molecule has 0 aliphatic carbocycles. The quantitative estimate of drug-likeness (QED) is 0.194. The molecule has 238 valence electrons. The largest absolute Gasteiger partial charge is 0.489 e. The average Bonchev–Trinajstić information content (AvgIpc) is 3.39. The van der Waals surface area contributed by atoms with Gasteiger partial charge < -0.3 is 10.1 Å². The van der Waals surface area contributed by atoms with Crippen molar-refractivity contribution in [3.63, 3.8) is 0 Å². The molecule has 0 saturated heterocycles. The van der Waals surface area contributed by atoms with E-state index in [0.717, 1.165) is 71.6 Å². The molecule has 1 amide bonds. The Morgan fingerprint density at radius 2 is 1.89 bits per heavy atom. The summed E-state index contributed by atoms with van der Waals surface area (Å²) >= 11 is 0. The lowest BCUT2D eigenvalue weighted by atomic mass is 9.69. The number of ether oxygens (including phenoxy) is 1. The zero-order valence-electron chi connectivity index (χ0n) is 27.6. The van der Waals surface area contributed by atoms with E-state index in [9.17, 15) is 4.79 Å². The van der Waals surface area contributed by atoms with Gasteiger partial charge in [-0.2, -0.15) is 0 Å². The molecule has 3 aromatic heterocycles. The van der Waals surface area contributed by atoms with E-state index >= 15 is 0 Å². The summed E-state index contributed by atoms with van der Waals surface area (Å²) in [5, 5.41) is 12.1. The number of nitrogens with one attached hydrogen (secondary N) is 1. The highest BCUT2D eigenvalue weighted by molar-refractivity contribution is 5.96. The first-order valence-electron chi connectivity index (χ1n) is 16.1. The van der Waals surface area contributed by atoms with Crippen molar-refractivity contribution in [3.05, 3.63) is 107 Å². The van der Waals surface area contributed by atoms with Crippen LogP contribution in [-0.4, -0.2) is 48.4 Å². The van der Waals surface area contributed by atoms with Crippen LogP contribution in [0.4, 0.5) is 5.69 Å². The number of anilines is 1. The van der Waals surface area contributed by atoms with Gasteiger partial charge >= 0.3 is 0 Å². The van der Waals surface area contributed by atoms with Crippen molar-refractivity contribution >= 4 is 22.6 Å². The van der Waals surface area contributed by atoms with Gasteiger partial charge in [0.2, 0.25) is 5.91 Å². The Kier molecular flexibility index (Phi) is 8.86. The predicted molar refractivity (Wildman–Crippen MR) is 181 cm³/mol. The van der Waals surface area contributed by atoms with Crippen molar-refractivity contribution in [2.24, 2.45) is 5.41 Å². The maximum Gasteiger partial charge on any atom is 0.231 e. The number of hydrogen-bond acceptors (Lipinski definition) is 7. The number of fused-ring (bicyclic) bond motifs is 2. The summed E-state index contributed by atoms with van der Waals surface area (Å²) in [6.07, 6.45) is 8.11. The highest BCUT2D eigenvalue weighted by Gasteiger charge is 2.40. The van der Waals surface area contributed by atoms with Gasteiger partial charge in [-0.15, -0.1) is 5.10 Å². The van der Waals surface area contributed by atoms with Crippen molar-refractivity contribution in [2.45, 2.75) is 79.6 Å². The van der Waals surface area contributed by atoms with Gasteiger partial charge in [-0.3, -0.25) is 19.7 Å². The second-order valence-electron chi connectivity index (χ2n) is 12.9. The van der Waals surface area contributed by atoms with Crippen LogP contribution in [0.25, 0.3) is 11.0 Å². The van der Waals surface area contributed by atoms with Crippen molar-refractivity contribution in [1.82, 2.24) is 29.9 Å². The van der Waals surface area contributed by atoms with Crippen molar-refractivity contribution < 1.29 is 9.53 Å². The summed E-state index contributed by atoms with van der Waals surface area (Å²) < 4.78 is 8.27. The smallest absolute Gasteiger partial charge is 0.231 e. The minimum absolute atomic E-state index is 0.0797. The van der Waals surface area contributed by atoms with Crippen molar-refractivity contribution in [1.29, 1.82) is 0 Å². The number of aromatic nitrogens is 5. The van der Waals surface area contributed by atoms with Crippen LogP contribution in [0, 0.1) is 19.3 Å². The van der Waals surface area contributed by atoms with Gasteiger partial charge in [-0.05, 0) is 79.3 Å². The molecule has 0 unspecified atom stereocenters. The van der Waals surface area contributed by atoms with Crippen LogP contribution in [-0.2, 0) is 24.4 Å². The summed E-state index contributed by atoms with van der Waals surface area (Å²) in [4.78, 5) is 25.2. The van der Waals surface area contributed by atoms with E-state index in [2.05, 4.69) is 88.5 Å². The highest BCUT2D eigenvalue weighted by Crippen LogP contribution is 2.44. The molecule has 0 fully saturated rings. The summed E-state index contributed by atoms with van der Waals surface area (Å²) in [5.74, 6) is 0.575. The van der Waals surface area contributed by atoms with E-state index in [1.807, 2.05) is 42.9 Å². The fourth-order valence-corrected chi connectivity index (χ4v) is 6.65. The van der Waals surface area contributed by atoms with E-state index < -0.39 is 5.41 Å². The SMILES string of the molecule is CC[C@@H]1CN(Cc2cc([C@@H](c3ccc4c(nnn4CC)c3C)C(C)(C)C(=O)Nc3cccnc3)ccc2C)Cc2cnccc2O1. The third-order valence-corrected chi connectivity index (χ3v) is 9.38. The first kappa shape index (κ1) is 31.4. The van der Waals surface area contributed by atoms with Gasteiger partial charge in [0.25, 0.3) is 0 Å². The molecule has 0 bridgehead atoms. The van der Waals surface area contributed by atoms with Crippen LogP contribution in [0.2, 0.25) is 0 Å². The molecular formula is C37H43N7O2. The standard InChI is InChI=1S/C37H43N7O2/c1-7-30-23-43(22-28-19-39-17-15-33(28)46-30)21-27-18-26(12-11-24(27)3)34(37(5,6)36(45)40-29-10-9-16-38-20-29)31-13-14-32-35(25(31)4)41-42-44(32)8-2/h9-20,30,34H,7-8,21-23H2,1-6H3,(H,40,45)/t30-,34+/m1/s1. The van der Waals surface area contributed by atoms with Crippen LogP contribution in [0.1, 0.15) is 73.4 Å². The van der Waals surface area contributed by atoms with E-state index in [0.29, 0.717) is 5.69 Å². The number of carbonyl (C=O) groups is 1. The molecule has 1 aliphatic rings. The molecule has 4 heterocycles. The average molecular weight is 618 g/mol. The van der Waals surface area contributed by atoms with Crippen LogP contribution in [0.15, 0.2) is 73.3 Å². The summed E-state index contributed by atoms with van der Waals surface area (Å²) in [5.41, 5.74) is 8.40. The molecule has 9 heteroatoms. The molecule has 1 aliphatic heterocycles. The van der Waals surface area contributed by atoms with Crippen LogP contribution in [0.5, 0.6) is 5.75 Å². The monoisotopic (exact) mass is 617 g/mol. The fraction of sp³-hybridized carbons (Fsp3) is 0.378. The lowest BCUT2D eigenvalue weighted by Crippen LogP contribution is -2.37. The molecule has 46 heavy (non-hydrogen) atoms. The van der Waals surface area contributed by atoms with Crippen LogP contribution >= 0.6 is 0 Å². The number of benzene rings is 2. The predicted octanol–water partition coefficient (Wildman–Crippen LogP) is 6.83. The Labute approximate surface area is 271 Å². The summed E-state index contributed by atoms with van der Waals surface area (Å²) in [7, 11) is 0. The molecule has 2 atom stereocenters. The summed E-state index contributed by atoms with van der Waals surface area (Å²) in [6.45, 7) is 15.6. The van der Waals surface area contributed by atoms with Gasteiger partial charge in [0.05, 0.1) is 22.8 Å².